The second kappa shape index (κ2) is 10.9. The molecule has 0 aliphatic carbocycles. The Hall–Kier alpha value is -4.76. The fourth-order valence-corrected chi connectivity index (χ4v) is 4.59. The lowest BCUT2D eigenvalue weighted by atomic mass is 9.99. The van der Waals surface area contributed by atoms with Crippen LogP contribution in [-0.4, -0.2) is 38.4 Å². The number of methoxy groups -OCH3 is 3. The Labute approximate surface area is 225 Å². The van der Waals surface area contributed by atoms with Gasteiger partial charge in [-0.1, -0.05) is 29.4 Å². The number of rotatable bonds is 9. The predicted molar refractivity (Wildman–Crippen MR) is 148 cm³/mol. The number of hydrogen-bond acceptors (Lipinski definition) is 8. The van der Waals surface area contributed by atoms with E-state index >= 15 is 0 Å². The summed E-state index contributed by atoms with van der Waals surface area (Å²) in [5, 5.41) is 8.10. The van der Waals surface area contributed by atoms with Crippen LogP contribution in [0, 0.1) is 6.92 Å². The van der Waals surface area contributed by atoms with Gasteiger partial charge < -0.3 is 34.2 Å². The first-order valence-electron chi connectivity index (χ1n) is 12.3. The third-order valence-electron chi connectivity index (χ3n) is 6.51. The van der Waals surface area contributed by atoms with Crippen molar-refractivity contribution in [2.75, 3.05) is 26.6 Å². The van der Waals surface area contributed by atoms with Crippen LogP contribution in [-0.2, 0) is 11.2 Å². The van der Waals surface area contributed by atoms with Crippen molar-refractivity contribution in [3.05, 3.63) is 78.3 Å². The fraction of sp³-hybridized carbons (Fsp3) is 0.200. The largest absolute Gasteiger partial charge is 0.495 e. The highest BCUT2D eigenvalue weighted by Crippen LogP contribution is 2.40. The smallest absolute Gasteiger partial charge is 0.241 e. The molecule has 2 aromatic heterocycles. The number of benzene rings is 3. The first kappa shape index (κ1) is 25.9. The molecule has 3 N–H and O–H groups in total. The van der Waals surface area contributed by atoms with Gasteiger partial charge in [-0.2, -0.15) is 0 Å². The number of nitrogens with one attached hydrogen (secondary N) is 1. The van der Waals surface area contributed by atoms with E-state index in [2.05, 4.69) is 10.5 Å². The minimum Gasteiger partial charge on any atom is -0.495 e. The van der Waals surface area contributed by atoms with Crippen molar-refractivity contribution in [1.82, 2.24) is 5.16 Å². The van der Waals surface area contributed by atoms with Gasteiger partial charge in [-0.3, -0.25) is 4.79 Å². The van der Waals surface area contributed by atoms with Gasteiger partial charge in [0.2, 0.25) is 5.91 Å². The van der Waals surface area contributed by atoms with Gasteiger partial charge >= 0.3 is 0 Å². The molecule has 1 amide bonds. The quantitative estimate of drug-likeness (QED) is 0.254. The molecule has 0 radical (unpaired) electrons. The molecule has 0 aliphatic heterocycles. The Morgan fingerprint density at radius 2 is 1.77 bits per heavy atom. The summed E-state index contributed by atoms with van der Waals surface area (Å²) in [6.45, 7) is 1.93. The molecule has 39 heavy (non-hydrogen) atoms. The van der Waals surface area contributed by atoms with Crippen molar-refractivity contribution < 1.29 is 27.9 Å². The molecule has 0 fully saturated rings. The zero-order chi connectivity index (χ0) is 27.5. The summed E-state index contributed by atoms with van der Waals surface area (Å²) in [6, 6.07) is 18.0. The lowest BCUT2D eigenvalue weighted by Gasteiger charge is -2.15. The summed E-state index contributed by atoms with van der Waals surface area (Å²) in [4.78, 5) is 13.1. The lowest BCUT2D eigenvalue weighted by Crippen LogP contribution is -2.37. The number of anilines is 1. The second-order valence-corrected chi connectivity index (χ2v) is 9.07. The highest BCUT2D eigenvalue weighted by molar-refractivity contribution is 5.97. The number of nitrogens with two attached hydrogens (primary N) is 1. The Kier molecular flexibility index (Phi) is 7.25. The molecule has 5 aromatic rings. The van der Waals surface area contributed by atoms with Crippen LogP contribution in [0.15, 0.2) is 75.9 Å². The van der Waals surface area contributed by atoms with Crippen LogP contribution < -0.4 is 25.3 Å². The van der Waals surface area contributed by atoms with Crippen LogP contribution in [0.25, 0.3) is 33.4 Å². The summed E-state index contributed by atoms with van der Waals surface area (Å²) in [7, 11) is 4.72. The molecule has 9 heteroatoms. The molecule has 200 valence electrons. The molecule has 3 aromatic carbocycles. The number of carbonyl (C=O) groups is 1. The molecule has 1 atom stereocenters. The van der Waals surface area contributed by atoms with Gasteiger partial charge in [-0.15, -0.1) is 0 Å². The number of hydrogen-bond donors (Lipinski definition) is 2. The van der Waals surface area contributed by atoms with Gasteiger partial charge in [-0.25, -0.2) is 0 Å². The topological polar surface area (TPSA) is 122 Å². The molecule has 0 bridgehead atoms. The van der Waals surface area contributed by atoms with Crippen molar-refractivity contribution in [3.63, 3.8) is 0 Å². The summed E-state index contributed by atoms with van der Waals surface area (Å²) in [5.74, 6) is 2.00. The number of aryl methyl sites for hydroxylation is 1. The molecule has 2 heterocycles. The van der Waals surface area contributed by atoms with Gasteiger partial charge in [0.05, 0.1) is 33.1 Å². The molecular formula is C30H29N3O6. The number of para-hydroxylation sites is 1. The predicted octanol–water partition coefficient (Wildman–Crippen LogP) is 5.60. The van der Waals surface area contributed by atoms with Gasteiger partial charge in [0, 0.05) is 22.9 Å². The third kappa shape index (κ3) is 5.17. The lowest BCUT2D eigenvalue weighted by molar-refractivity contribution is -0.117. The number of fused-ring (bicyclic) bond motifs is 1. The minimum absolute atomic E-state index is 0.247. The number of aromatic nitrogens is 1. The van der Waals surface area contributed by atoms with Crippen LogP contribution in [0.2, 0.25) is 0 Å². The number of ether oxygens (including phenoxy) is 3. The summed E-state index contributed by atoms with van der Waals surface area (Å²) in [6.07, 6.45) is 1.80. The number of nitrogens with zero attached hydrogens (tertiary/aromatic N) is 1. The monoisotopic (exact) mass is 527 g/mol. The maximum absolute atomic E-state index is 13.1. The van der Waals surface area contributed by atoms with Gasteiger partial charge in [-0.05, 0) is 54.4 Å². The standard InChI is InChI=1S/C30H29N3O6/c1-17-11-20(14-27(36-3)29(17)37-4)28-22(16-38-33-28)18-9-10-26(35-2)24(13-18)32-30(34)23(31)15-21-12-19-7-5-6-8-25(19)39-21/h5-14,16,23H,15,31H2,1-4H3,(H,32,34). The number of carbonyl (C=O) groups excluding carboxylic acids is 1. The summed E-state index contributed by atoms with van der Waals surface area (Å²) >= 11 is 0. The van der Waals surface area contributed by atoms with Gasteiger partial charge in [0.1, 0.15) is 29.0 Å². The third-order valence-corrected chi connectivity index (χ3v) is 6.51. The average molecular weight is 528 g/mol. The normalized spacial score (nSPS) is 11.8. The van der Waals surface area contributed by atoms with Crippen LogP contribution >= 0.6 is 0 Å². The van der Waals surface area contributed by atoms with E-state index in [9.17, 15) is 4.79 Å². The fourth-order valence-electron chi connectivity index (χ4n) is 4.59. The SMILES string of the molecule is COc1ccc(-c2conc2-c2cc(C)c(OC)c(OC)c2)cc1NC(=O)C(N)Cc1cc2ccccc2o1. The van der Waals surface area contributed by atoms with E-state index in [0.717, 1.165) is 33.2 Å². The van der Waals surface area contributed by atoms with Gasteiger partial charge in [0.25, 0.3) is 0 Å². The average Bonchev–Trinajstić information content (AvgIpc) is 3.59. The molecule has 5 rings (SSSR count). The second-order valence-electron chi connectivity index (χ2n) is 9.07. The highest BCUT2D eigenvalue weighted by Gasteiger charge is 2.21. The molecule has 0 saturated heterocycles. The molecule has 1 unspecified atom stereocenters. The Morgan fingerprint density at radius 3 is 2.51 bits per heavy atom. The van der Waals surface area contributed by atoms with Crippen molar-refractivity contribution in [2.45, 2.75) is 19.4 Å². The maximum atomic E-state index is 13.1. The van der Waals surface area contributed by atoms with E-state index in [0.29, 0.717) is 34.4 Å². The maximum Gasteiger partial charge on any atom is 0.241 e. The van der Waals surface area contributed by atoms with E-state index < -0.39 is 6.04 Å². The van der Waals surface area contributed by atoms with Crippen molar-refractivity contribution in [3.8, 4) is 39.6 Å². The van der Waals surface area contributed by atoms with Crippen LogP contribution in [0.4, 0.5) is 5.69 Å². The molecular weight excluding hydrogens is 498 g/mol. The van der Waals surface area contributed by atoms with E-state index in [1.807, 2.05) is 55.5 Å². The van der Waals surface area contributed by atoms with E-state index in [1.54, 1.807) is 32.6 Å². The van der Waals surface area contributed by atoms with Crippen molar-refractivity contribution >= 4 is 22.6 Å². The Morgan fingerprint density at radius 1 is 0.974 bits per heavy atom. The number of amides is 1. The highest BCUT2D eigenvalue weighted by atomic mass is 16.5. The first-order valence-corrected chi connectivity index (χ1v) is 12.3. The van der Waals surface area contributed by atoms with Crippen LogP contribution in [0.1, 0.15) is 11.3 Å². The molecule has 0 saturated carbocycles. The van der Waals surface area contributed by atoms with E-state index in [1.165, 1.54) is 7.11 Å². The van der Waals surface area contributed by atoms with Crippen LogP contribution in [0.5, 0.6) is 17.2 Å². The minimum atomic E-state index is -0.834. The Balaban J connectivity index is 1.41. The summed E-state index contributed by atoms with van der Waals surface area (Å²) < 4.78 is 27.7. The molecule has 9 nitrogen and oxygen atoms in total. The van der Waals surface area contributed by atoms with Crippen molar-refractivity contribution in [2.24, 2.45) is 5.73 Å². The molecule has 0 aliphatic rings. The summed E-state index contributed by atoms with van der Waals surface area (Å²) in [5.41, 5.74) is 11.3. The van der Waals surface area contributed by atoms with E-state index in [4.69, 9.17) is 28.9 Å². The number of furan rings is 1. The van der Waals surface area contributed by atoms with E-state index in [-0.39, 0.29) is 12.3 Å². The first-order chi connectivity index (χ1) is 18.9. The van der Waals surface area contributed by atoms with Gasteiger partial charge in [0.15, 0.2) is 11.5 Å². The molecule has 0 spiro atoms. The zero-order valence-corrected chi connectivity index (χ0v) is 22.1. The van der Waals surface area contributed by atoms with Crippen LogP contribution in [0.3, 0.4) is 0 Å². The van der Waals surface area contributed by atoms with Crippen molar-refractivity contribution in [1.29, 1.82) is 0 Å². The zero-order valence-electron chi connectivity index (χ0n) is 22.1. The Bertz CT molecular complexity index is 1600.